The molecule has 0 aromatic heterocycles. The molecule has 1 atom stereocenters. The minimum absolute atomic E-state index is 0.00361. The lowest BCUT2D eigenvalue weighted by Gasteiger charge is -2.23. The molecule has 1 saturated heterocycles. The molecule has 0 amide bonds. The van der Waals surface area contributed by atoms with Crippen LogP contribution in [0, 0.1) is 0 Å². The van der Waals surface area contributed by atoms with Gasteiger partial charge in [-0.05, 0) is 19.4 Å². The van der Waals surface area contributed by atoms with Crippen molar-refractivity contribution in [3.63, 3.8) is 0 Å². The predicted molar refractivity (Wildman–Crippen MR) is 41.0 cm³/mol. The molecule has 3 nitrogen and oxygen atoms in total. The number of nitrogens with one attached hydrogen (secondary N) is 2. The molecule has 0 saturated carbocycles. The number of rotatable bonds is 3. The van der Waals surface area contributed by atoms with Crippen molar-refractivity contribution in [1.29, 1.82) is 0 Å². The molecule has 0 aliphatic carbocycles. The van der Waals surface area contributed by atoms with Crippen LogP contribution in [0.5, 0.6) is 0 Å². The van der Waals surface area contributed by atoms with Crippen LogP contribution in [0.2, 0.25) is 0 Å². The van der Waals surface area contributed by atoms with E-state index < -0.39 is 12.8 Å². The molecule has 0 radical (unpaired) electrons. The van der Waals surface area contributed by atoms with Gasteiger partial charge in [-0.3, -0.25) is 4.84 Å². The Morgan fingerprint density at radius 3 is 2.77 bits per heavy atom. The fraction of sp³-hybridized carbons (Fsp3) is 1.00. The average molecular weight is 198 g/mol. The van der Waals surface area contributed by atoms with Crippen molar-refractivity contribution in [2.75, 3.05) is 19.7 Å². The smallest absolute Gasteiger partial charge is 0.315 e. The summed E-state index contributed by atoms with van der Waals surface area (Å²) in [5, 5.41) is 3.06. The molecule has 0 bridgehead atoms. The van der Waals surface area contributed by atoms with E-state index in [0.29, 0.717) is 6.54 Å². The van der Waals surface area contributed by atoms with E-state index in [1.807, 2.05) is 0 Å². The zero-order chi connectivity index (χ0) is 9.73. The van der Waals surface area contributed by atoms with Gasteiger partial charge in [0.15, 0.2) is 6.61 Å². The van der Waals surface area contributed by atoms with E-state index in [4.69, 9.17) is 0 Å². The third-order valence-electron chi connectivity index (χ3n) is 1.78. The first-order chi connectivity index (χ1) is 6.08. The highest BCUT2D eigenvalue weighted by Crippen LogP contribution is 2.14. The van der Waals surface area contributed by atoms with Crippen LogP contribution in [0.25, 0.3) is 0 Å². The summed E-state index contributed by atoms with van der Waals surface area (Å²) in [5.74, 6) is 0. The van der Waals surface area contributed by atoms with E-state index >= 15 is 0 Å². The molecule has 1 fully saturated rings. The monoisotopic (exact) mass is 198 g/mol. The lowest BCUT2D eigenvalue weighted by molar-refractivity contribution is -0.193. The molecule has 1 aliphatic heterocycles. The van der Waals surface area contributed by atoms with E-state index in [1.54, 1.807) is 0 Å². The Bertz CT molecular complexity index is 145. The maximum absolute atomic E-state index is 11.6. The van der Waals surface area contributed by atoms with Gasteiger partial charge in [0.1, 0.15) is 0 Å². The Labute approximate surface area is 74.6 Å². The summed E-state index contributed by atoms with van der Waals surface area (Å²) in [6.07, 6.45) is -2.44. The maximum Gasteiger partial charge on any atom is 0.413 e. The second-order valence-corrected chi connectivity index (χ2v) is 3.06. The molecule has 1 heterocycles. The molecular formula is C7H13F3N2O. The van der Waals surface area contributed by atoms with Crippen molar-refractivity contribution in [2.45, 2.75) is 25.1 Å². The van der Waals surface area contributed by atoms with Crippen LogP contribution >= 0.6 is 0 Å². The van der Waals surface area contributed by atoms with E-state index in [1.165, 1.54) is 0 Å². The lowest BCUT2D eigenvalue weighted by atomic mass is 10.1. The van der Waals surface area contributed by atoms with Gasteiger partial charge in [-0.25, -0.2) is 0 Å². The number of hydroxylamine groups is 1. The third-order valence-corrected chi connectivity index (χ3v) is 1.78. The van der Waals surface area contributed by atoms with Gasteiger partial charge in [0.25, 0.3) is 0 Å². The molecule has 13 heavy (non-hydrogen) atoms. The van der Waals surface area contributed by atoms with E-state index in [9.17, 15) is 13.2 Å². The zero-order valence-electron chi connectivity index (χ0n) is 7.16. The van der Waals surface area contributed by atoms with E-state index in [2.05, 4.69) is 15.6 Å². The van der Waals surface area contributed by atoms with Crippen molar-refractivity contribution in [3.8, 4) is 0 Å². The van der Waals surface area contributed by atoms with Gasteiger partial charge < -0.3 is 5.32 Å². The summed E-state index contributed by atoms with van der Waals surface area (Å²) in [6.45, 7) is 0.360. The summed E-state index contributed by atoms with van der Waals surface area (Å²) in [6, 6.07) is -0.00361. The van der Waals surface area contributed by atoms with Crippen LogP contribution in [0.3, 0.4) is 0 Å². The zero-order valence-corrected chi connectivity index (χ0v) is 7.16. The number of alkyl halides is 3. The summed E-state index contributed by atoms with van der Waals surface area (Å²) in [7, 11) is 0. The first kappa shape index (κ1) is 10.7. The van der Waals surface area contributed by atoms with Crippen molar-refractivity contribution in [2.24, 2.45) is 0 Å². The Balaban J connectivity index is 2.04. The first-order valence-electron chi connectivity index (χ1n) is 4.23. The number of hydrogen-bond donors (Lipinski definition) is 2. The standard InChI is InChI=1S/C7H13F3N2O/c8-7(9,10)5-13-12-6-2-1-3-11-4-6/h6,11-12H,1-5H2. The quantitative estimate of drug-likeness (QED) is 0.659. The molecule has 0 aromatic rings. The molecule has 0 aromatic carbocycles. The number of piperidine rings is 1. The second kappa shape index (κ2) is 4.78. The molecule has 1 unspecified atom stereocenters. The van der Waals surface area contributed by atoms with Crippen LogP contribution < -0.4 is 10.8 Å². The lowest BCUT2D eigenvalue weighted by Crippen LogP contribution is -2.44. The van der Waals surface area contributed by atoms with Gasteiger partial charge in [0.05, 0.1) is 0 Å². The van der Waals surface area contributed by atoms with E-state index in [0.717, 1.165) is 19.4 Å². The van der Waals surface area contributed by atoms with Gasteiger partial charge in [-0.1, -0.05) is 0 Å². The Kier molecular flexibility index (Phi) is 3.95. The fourth-order valence-electron chi connectivity index (χ4n) is 1.19. The molecular weight excluding hydrogens is 185 g/mol. The van der Waals surface area contributed by atoms with E-state index in [-0.39, 0.29) is 6.04 Å². The van der Waals surface area contributed by atoms with Crippen LogP contribution in [-0.2, 0) is 4.84 Å². The van der Waals surface area contributed by atoms with Gasteiger partial charge in [0.2, 0.25) is 0 Å². The van der Waals surface area contributed by atoms with Crippen LogP contribution in [-0.4, -0.2) is 31.9 Å². The summed E-state index contributed by atoms with van der Waals surface area (Å²) in [5.41, 5.74) is 2.40. The predicted octanol–water partition coefficient (Wildman–Crippen LogP) is 0.822. The van der Waals surface area contributed by atoms with Gasteiger partial charge in [-0.2, -0.15) is 18.7 Å². The van der Waals surface area contributed by atoms with Crippen molar-refractivity contribution >= 4 is 0 Å². The van der Waals surface area contributed by atoms with Crippen molar-refractivity contribution < 1.29 is 18.0 Å². The first-order valence-corrected chi connectivity index (χ1v) is 4.23. The summed E-state index contributed by atoms with van der Waals surface area (Å²) in [4.78, 5) is 4.32. The molecule has 78 valence electrons. The number of halogens is 3. The average Bonchev–Trinajstić information content (AvgIpc) is 2.04. The fourth-order valence-corrected chi connectivity index (χ4v) is 1.19. The van der Waals surface area contributed by atoms with Gasteiger partial charge >= 0.3 is 6.18 Å². The highest BCUT2D eigenvalue weighted by Gasteiger charge is 2.28. The minimum atomic E-state index is -4.25. The maximum atomic E-state index is 11.6. The Morgan fingerprint density at radius 2 is 2.23 bits per heavy atom. The van der Waals surface area contributed by atoms with Gasteiger partial charge in [0, 0.05) is 12.6 Å². The van der Waals surface area contributed by atoms with Crippen molar-refractivity contribution in [3.05, 3.63) is 0 Å². The molecule has 1 rings (SSSR count). The highest BCUT2D eigenvalue weighted by atomic mass is 19.4. The molecule has 2 N–H and O–H groups in total. The topological polar surface area (TPSA) is 33.3 Å². The van der Waals surface area contributed by atoms with Crippen molar-refractivity contribution in [1.82, 2.24) is 10.8 Å². The minimum Gasteiger partial charge on any atom is -0.315 e. The normalized spacial score (nSPS) is 24.7. The third kappa shape index (κ3) is 5.07. The van der Waals surface area contributed by atoms with Crippen LogP contribution in [0.4, 0.5) is 13.2 Å². The van der Waals surface area contributed by atoms with Crippen LogP contribution in [0.15, 0.2) is 0 Å². The SMILES string of the molecule is FC(F)(F)CONC1CCCNC1. The highest BCUT2D eigenvalue weighted by molar-refractivity contribution is 4.71. The van der Waals surface area contributed by atoms with Crippen LogP contribution in [0.1, 0.15) is 12.8 Å². The summed E-state index contributed by atoms with van der Waals surface area (Å²) >= 11 is 0. The molecule has 0 spiro atoms. The number of hydrogen-bond acceptors (Lipinski definition) is 3. The molecule has 6 heteroatoms. The largest absolute Gasteiger partial charge is 0.413 e. The molecule has 1 aliphatic rings. The Hall–Kier alpha value is -0.330. The Morgan fingerprint density at radius 1 is 1.46 bits per heavy atom. The second-order valence-electron chi connectivity index (χ2n) is 3.06. The summed E-state index contributed by atoms with van der Waals surface area (Å²) < 4.78 is 34.9. The van der Waals surface area contributed by atoms with Gasteiger partial charge in [-0.15, -0.1) is 0 Å².